The van der Waals surface area contributed by atoms with E-state index in [-0.39, 0.29) is 51.9 Å². The predicted molar refractivity (Wildman–Crippen MR) is 151 cm³/mol. The third-order valence-electron chi connectivity index (χ3n) is 7.89. The van der Waals surface area contributed by atoms with Crippen LogP contribution >= 0.6 is 0 Å². The monoisotopic (exact) mass is 481 g/mol. The standard InChI is InChI=1S/C33H34N2O/c1-21-17-31(35-29-10-8-7-9-24(29)25-13-12-23(36-6)19-30(25)35)34-20-26(21)22-11-14-27-28(18-22)33(4,5)16-15-32(27,2)3/h7-14,17-20H,15-16H2,1-6H3/i1D3,7D,8D,9D,10D. The van der Waals surface area contributed by atoms with Gasteiger partial charge in [0.25, 0.3) is 0 Å². The van der Waals surface area contributed by atoms with E-state index in [1.165, 1.54) is 24.3 Å². The molecule has 0 unspecified atom stereocenters. The van der Waals surface area contributed by atoms with E-state index in [0.29, 0.717) is 27.6 Å². The zero-order valence-electron chi connectivity index (χ0n) is 28.3. The lowest BCUT2D eigenvalue weighted by molar-refractivity contribution is 0.332. The van der Waals surface area contributed by atoms with Crippen molar-refractivity contribution < 1.29 is 14.3 Å². The number of methoxy groups -OCH3 is 1. The quantitative estimate of drug-likeness (QED) is 0.258. The van der Waals surface area contributed by atoms with Gasteiger partial charge in [-0.25, -0.2) is 4.98 Å². The van der Waals surface area contributed by atoms with Crippen molar-refractivity contribution in [2.24, 2.45) is 0 Å². The molecule has 0 spiro atoms. The normalized spacial score (nSPS) is 19.4. The van der Waals surface area contributed by atoms with E-state index in [0.717, 1.165) is 18.4 Å². The van der Waals surface area contributed by atoms with Gasteiger partial charge in [-0.2, -0.15) is 0 Å². The Kier molecular flexibility index (Phi) is 3.58. The van der Waals surface area contributed by atoms with Gasteiger partial charge >= 0.3 is 0 Å². The fourth-order valence-electron chi connectivity index (χ4n) is 5.61. The Morgan fingerprint density at radius 3 is 2.44 bits per heavy atom. The second kappa shape index (κ2) is 7.96. The average Bonchev–Trinajstić information content (AvgIpc) is 3.31. The number of hydrogen-bond acceptors (Lipinski definition) is 2. The molecule has 0 N–H and O–H groups in total. The predicted octanol–water partition coefficient (Wildman–Crippen LogP) is 8.51. The third-order valence-corrected chi connectivity index (χ3v) is 7.89. The number of rotatable bonds is 3. The van der Waals surface area contributed by atoms with Gasteiger partial charge in [-0.1, -0.05) is 64.0 Å². The third kappa shape index (κ3) is 3.44. The van der Waals surface area contributed by atoms with Gasteiger partial charge in [0.15, 0.2) is 0 Å². The number of aromatic nitrogens is 2. The van der Waals surface area contributed by atoms with Crippen LogP contribution in [-0.2, 0) is 10.8 Å². The summed E-state index contributed by atoms with van der Waals surface area (Å²) in [5, 5.41) is 0.924. The van der Waals surface area contributed by atoms with Crippen LogP contribution < -0.4 is 4.74 Å². The van der Waals surface area contributed by atoms with E-state index in [2.05, 4.69) is 39.8 Å². The zero-order valence-corrected chi connectivity index (χ0v) is 21.3. The topological polar surface area (TPSA) is 27.1 Å². The molecule has 3 nitrogen and oxygen atoms in total. The van der Waals surface area contributed by atoms with E-state index in [1.807, 2.05) is 6.07 Å². The summed E-state index contributed by atoms with van der Waals surface area (Å²) in [5.41, 5.74) is 4.62. The number of hydrogen-bond donors (Lipinski definition) is 0. The summed E-state index contributed by atoms with van der Waals surface area (Å²) >= 11 is 0. The van der Waals surface area contributed by atoms with E-state index >= 15 is 0 Å². The molecule has 2 aromatic heterocycles. The van der Waals surface area contributed by atoms with Gasteiger partial charge in [0, 0.05) is 32.7 Å². The maximum Gasteiger partial charge on any atom is 0.137 e. The van der Waals surface area contributed by atoms with Crippen LogP contribution in [0.3, 0.4) is 0 Å². The maximum absolute atomic E-state index is 8.78. The Balaban J connectivity index is 1.65. The Morgan fingerprint density at radius 2 is 1.67 bits per heavy atom. The lowest BCUT2D eigenvalue weighted by atomic mass is 9.63. The molecule has 0 atom stereocenters. The molecule has 3 aromatic carbocycles. The smallest absolute Gasteiger partial charge is 0.137 e. The number of aryl methyl sites for hydroxylation is 1. The van der Waals surface area contributed by atoms with Gasteiger partial charge < -0.3 is 4.74 Å². The zero-order chi connectivity index (χ0) is 31.2. The number of ether oxygens (including phenoxy) is 1. The number of fused-ring (bicyclic) bond motifs is 4. The van der Waals surface area contributed by atoms with Gasteiger partial charge in [-0.3, -0.25) is 4.57 Å². The highest BCUT2D eigenvalue weighted by molar-refractivity contribution is 6.09. The first-order chi connectivity index (χ1) is 20.1. The molecular weight excluding hydrogens is 440 g/mol. The minimum absolute atomic E-state index is 0.0240. The van der Waals surface area contributed by atoms with Crippen LogP contribution in [0.2, 0.25) is 0 Å². The summed E-state index contributed by atoms with van der Waals surface area (Å²) in [7, 11) is 1.53. The van der Waals surface area contributed by atoms with E-state index in [9.17, 15) is 0 Å². The molecule has 2 heterocycles. The number of para-hydroxylation sites is 1. The summed E-state index contributed by atoms with van der Waals surface area (Å²) < 4.78 is 66.6. The van der Waals surface area contributed by atoms with Crippen LogP contribution in [0, 0.1) is 6.85 Å². The summed E-state index contributed by atoms with van der Waals surface area (Å²) in [6.07, 6.45) is 3.68. The van der Waals surface area contributed by atoms with Gasteiger partial charge in [-0.15, -0.1) is 0 Å². The fourth-order valence-corrected chi connectivity index (χ4v) is 5.61. The SMILES string of the molecule is [2H]c1c([2H])c([2H])c2c(c1[2H])c1ccc(OC)cc1n2-c1cc(C([2H])([2H])[2H])c(-c2ccc3c(c2)C(C)(C)CCC3(C)C)cn1. The molecule has 6 rings (SSSR count). The van der Waals surface area contributed by atoms with Gasteiger partial charge in [0.05, 0.1) is 23.6 Å². The summed E-state index contributed by atoms with van der Waals surface area (Å²) in [6.45, 7) is 6.49. The maximum atomic E-state index is 8.78. The minimum Gasteiger partial charge on any atom is -0.497 e. The van der Waals surface area contributed by atoms with Crippen LogP contribution in [0.4, 0.5) is 0 Å². The molecule has 1 aliphatic rings. The first-order valence-corrected chi connectivity index (χ1v) is 12.3. The van der Waals surface area contributed by atoms with Crippen LogP contribution in [-0.4, -0.2) is 16.7 Å². The molecule has 0 aliphatic heterocycles. The number of benzene rings is 3. The summed E-state index contributed by atoms with van der Waals surface area (Å²) in [6, 6.07) is 11.9. The van der Waals surface area contributed by atoms with Gasteiger partial charge in [0.2, 0.25) is 0 Å². The largest absolute Gasteiger partial charge is 0.497 e. The molecule has 1 aliphatic carbocycles. The first-order valence-electron chi connectivity index (χ1n) is 15.8. The second-order valence-electron chi connectivity index (χ2n) is 11.1. The molecule has 0 fully saturated rings. The van der Waals surface area contributed by atoms with Crippen molar-refractivity contribution in [3.05, 3.63) is 89.5 Å². The van der Waals surface area contributed by atoms with E-state index in [1.54, 1.807) is 29.0 Å². The molecular formula is C33H34N2O. The van der Waals surface area contributed by atoms with Crippen molar-refractivity contribution >= 4 is 21.8 Å². The molecule has 0 amide bonds. The fraction of sp³-hybridized carbons (Fsp3) is 0.303. The Hall–Kier alpha value is -3.59. The Morgan fingerprint density at radius 1 is 0.889 bits per heavy atom. The molecule has 5 aromatic rings. The van der Waals surface area contributed by atoms with Crippen molar-refractivity contribution in [1.82, 2.24) is 9.55 Å². The van der Waals surface area contributed by atoms with Crippen molar-refractivity contribution in [2.45, 2.75) is 58.2 Å². The second-order valence-corrected chi connectivity index (χ2v) is 11.1. The molecule has 36 heavy (non-hydrogen) atoms. The molecule has 0 bridgehead atoms. The van der Waals surface area contributed by atoms with Crippen molar-refractivity contribution in [3.8, 4) is 22.7 Å². The minimum atomic E-state index is -2.48. The van der Waals surface area contributed by atoms with Gasteiger partial charge in [0.1, 0.15) is 11.6 Å². The number of pyridine rings is 1. The van der Waals surface area contributed by atoms with Gasteiger partial charge in [-0.05, 0) is 77.0 Å². The van der Waals surface area contributed by atoms with Crippen LogP contribution in [0.15, 0.2) is 72.8 Å². The number of nitrogens with zero attached hydrogens (tertiary/aromatic N) is 2. The highest BCUT2D eigenvalue weighted by atomic mass is 16.5. The first kappa shape index (κ1) is 16.2. The van der Waals surface area contributed by atoms with Crippen molar-refractivity contribution in [2.75, 3.05) is 7.11 Å². The van der Waals surface area contributed by atoms with Crippen LogP contribution in [0.25, 0.3) is 38.8 Å². The van der Waals surface area contributed by atoms with Crippen molar-refractivity contribution in [1.29, 1.82) is 0 Å². The summed E-state index contributed by atoms with van der Waals surface area (Å²) in [4.78, 5) is 4.75. The average molecular weight is 482 g/mol. The van der Waals surface area contributed by atoms with Crippen molar-refractivity contribution in [3.63, 3.8) is 0 Å². The highest BCUT2D eigenvalue weighted by Crippen LogP contribution is 2.47. The molecule has 0 saturated heterocycles. The molecule has 0 saturated carbocycles. The van der Waals surface area contributed by atoms with E-state index < -0.39 is 6.85 Å². The lowest BCUT2D eigenvalue weighted by Gasteiger charge is -2.42. The summed E-state index contributed by atoms with van der Waals surface area (Å²) in [5.74, 6) is 0.770. The highest BCUT2D eigenvalue weighted by Gasteiger charge is 2.37. The van der Waals surface area contributed by atoms with Crippen LogP contribution in [0.5, 0.6) is 5.75 Å². The molecule has 0 radical (unpaired) electrons. The molecule has 182 valence electrons. The Bertz CT molecular complexity index is 1950. The molecule has 3 heteroatoms. The Labute approximate surface area is 223 Å². The van der Waals surface area contributed by atoms with E-state index in [4.69, 9.17) is 19.3 Å². The van der Waals surface area contributed by atoms with Crippen LogP contribution in [0.1, 0.15) is 66.8 Å². The lowest BCUT2D eigenvalue weighted by Crippen LogP contribution is -2.33.